The van der Waals surface area contributed by atoms with Crippen LogP contribution in [0.3, 0.4) is 0 Å². The highest BCUT2D eigenvalue weighted by Crippen LogP contribution is 2.23. The molecule has 12 heteroatoms. The summed E-state index contributed by atoms with van der Waals surface area (Å²) >= 11 is 0. The van der Waals surface area contributed by atoms with Crippen LogP contribution < -0.4 is 14.8 Å². The van der Waals surface area contributed by atoms with Crippen molar-refractivity contribution in [1.82, 2.24) is 10.0 Å². The Labute approximate surface area is 176 Å². The van der Waals surface area contributed by atoms with Crippen molar-refractivity contribution in [3.05, 3.63) is 60.2 Å². The number of halogens is 3. The molecule has 168 valence electrons. The van der Waals surface area contributed by atoms with Gasteiger partial charge in [0.1, 0.15) is 18.9 Å². The van der Waals surface area contributed by atoms with Gasteiger partial charge in [-0.05, 0) is 29.8 Å². The van der Waals surface area contributed by atoms with E-state index in [0.717, 1.165) is 29.8 Å². The molecule has 0 aliphatic heterocycles. The number of sulfonamides is 1. The molecule has 0 bridgehead atoms. The van der Waals surface area contributed by atoms with Gasteiger partial charge in [0.25, 0.3) is 0 Å². The number of hydrogen-bond donors (Lipinski definition) is 2. The summed E-state index contributed by atoms with van der Waals surface area (Å²) in [6, 6.07) is 12.5. The van der Waals surface area contributed by atoms with Gasteiger partial charge in [0, 0.05) is 13.0 Å². The molecule has 0 atom stereocenters. The molecule has 0 fully saturated rings. The Kier molecular flexibility index (Phi) is 8.39. The molecule has 0 spiro atoms. The maximum Gasteiger partial charge on any atom is 0.573 e. The zero-order valence-corrected chi connectivity index (χ0v) is 16.8. The molecule has 0 unspecified atom stereocenters. The zero-order valence-electron chi connectivity index (χ0n) is 16.0. The van der Waals surface area contributed by atoms with Crippen LogP contribution in [0.2, 0.25) is 0 Å². The van der Waals surface area contributed by atoms with Crippen LogP contribution in [0.4, 0.5) is 13.2 Å². The fourth-order valence-electron chi connectivity index (χ4n) is 2.25. The third-order valence-corrected chi connectivity index (χ3v) is 5.16. The first-order valence-corrected chi connectivity index (χ1v) is 10.4. The van der Waals surface area contributed by atoms with E-state index in [4.69, 9.17) is 4.74 Å². The fourth-order valence-corrected chi connectivity index (χ4v) is 3.28. The normalized spacial score (nSPS) is 11.6. The van der Waals surface area contributed by atoms with E-state index in [2.05, 4.69) is 14.8 Å². The molecule has 0 saturated carbocycles. The second-order valence-electron chi connectivity index (χ2n) is 6.09. The molecular weight excluding hydrogens is 441 g/mol. The average Bonchev–Trinajstić information content (AvgIpc) is 2.70. The first-order chi connectivity index (χ1) is 14.5. The van der Waals surface area contributed by atoms with Gasteiger partial charge in [0.15, 0.2) is 0 Å². The van der Waals surface area contributed by atoms with Crippen molar-refractivity contribution in [1.29, 1.82) is 0 Å². The highest BCUT2D eigenvalue weighted by atomic mass is 32.2. The molecular formula is C19H19F3N2O6S. The number of esters is 1. The Morgan fingerprint density at radius 1 is 0.968 bits per heavy atom. The van der Waals surface area contributed by atoms with Gasteiger partial charge in [-0.25, -0.2) is 13.1 Å². The van der Waals surface area contributed by atoms with Crippen LogP contribution in [-0.4, -0.2) is 39.7 Å². The lowest BCUT2D eigenvalue weighted by atomic mass is 10.2. The van der Waals surface area contributed by atoms with Crippen molar-refractivity contribution >= 4 is 21.9 Å². The molecule has 2 N–H and O–H groups in total. The maximum atomic E-state index is 12.1. The van der Waals surface area contributed by atoms with Crippen molar-refractivity contribution in [3.8, 4) is 5.75 Å². The molecule has 0 saturated heterocycles. The first kappa shape index (κ1) is 24.2. The summed E-state index contributed by atoms with van der Waals surface area (Å²) < 4.78 is 71.4. The van der Waals surface area contributed by atoms with Gasteiger partial charge in [0.2, 0.25) is 15.9 Å². The SMILES string of the molecule is O=C(CCNS(=O)(=O)c1ccc(OC(F)(F)F)cc1)NCC(=O)OCc1ccccc1. The van der Waals surface area contributed by atoms with Crippen molar-refractivity contribution in [2.24, 2.45) is 0 Å². The number of carbonyl (C=O) groups is 2. The van der Waals surface area contributed by atoms with E-state index in [1.54, 1.807) is 24.3 Å². The highest BCUT2D eigenvalue weighted by molar-refractivity contribution is 7.89. The summed E-state index contributed by atoms with van der Waals surface area (Å²) in [6.45, 7) is -0.602. The van der Waals surface area contributed by atoms with E-state index in [-0.39, 0.29) is 31.0 Å². The smallest absolute Gasteiger partial charge is 0.460 e. The summed E-state index contributed by atoms with van der Waals surface area (Å²) in [5, 5.41) is 2.30. The predicted octanol–water partition coefficient (Wildman–Crippen LogP) is 2.11. The Hall–Kier alpha value is -3.12. The van der Waals surface area contributed by atoms with Crippen LogP contribution in [0, 0.1) is 0 Å². The van der Waals surface area contributed by atoms with Gasteiger partial charge in [-0.1, -0.05) is 30.3 Å². The minimum atomic E-state index is -4.89. The summed E-state index contributed by atoms with van der Waals surface area (Å²) in [5.74, 6) is -1.81. The quantitative estimate of drug-likeness (QED) is 0.526. The van der Waals surface area contributed by atoms with Crippen molar-refractivity contribution < 1.29 is 40.7 Å². The third kappa shape index (κ3) is 9.05. The van der Waals surface area contributed by atoms with E-state index in [1.807, 2.05) is 6.07 Å². The van der Waals surface area contributed by atoms with E-state index in [9.17, 15) is 31.2 Å². The van der Waals surface area contributed by atoms with Crippen LogP contribution in [0.5, 0.6) is 5.75 Å². The minimum Gasteiger partial charge on any atom is -0.460 e. The standard InChI is InChI=1S/C19H19F3N2O6S/c20-19(21,22)30-15-6-8-16(9-7-15)31(27,28)24-11-10-17(25)23-12-18(26)29-13-14-4-2-1-3-5-14/h1-9,24H,10-13H2,(H,23,25). The molecule has 0 aromatic heterocycles. The van der Waals surface area contributed by atoms with Crippen LogP contribution in [0.25, 0.3) is 0 Å². The van der Waals surface area contributed by atoms with Gasteiger partial charge in [-0.15, -0.1) is 13.2 Å². The van der Waals surface area contributed by atoms with Gasteiger partial charge < -0.3 is 14.8 Å². The fraction of sp³-hybridized carbons (Fsp3) is 0.263. The summed E-state index contributed by atoms with van der Waals surface area (Å²) in [4.78, 5) is 23.1. The monoisotopic (exact) mass is 460 g/mol. The van der Waals surface area contributed by atoms with Crippen LogP contribution in [-0.2, 0) is 31.0 Å². The van der Waals surface area contributed by atoms with E-state index in [0.29, 0.717) is 0 Å². The van der Waals surface area contributed by atoms with Crippen molar-refractivity contribution in [2.75, 3.05) is 13.1 Å². The lowest BCUT2D eigenvalue weighted by Crippen LogP contribution is -2.34. The molecule has 0 aliphatic carbocycles. The second-order valence-corrected chi connectivity index (χ2v) is 7.86. The molecule has 2 aromatic carbocycles. The Bertz CT molecular complexity index is 980. The minimum absolute atomic E-state index is 0.0577. The van der Waals surface area contributed by atoms with Crippen molar-refractivity contribution in [2.45, 2.75) is 24.3 Å². The van der Waals surface area contributed by atoms with E-state index in [1.165, 1.54) is 0 Å². The molecule has 0 heterocycles. The summed E-state index contributed by atoms with van der Waals surface area (Å²) in [5.41, 5.74) is 0.787. The maximum absolute atomic E-state index is 12.1. The van der Waals surface area contributed by atoms with E-state index < -0.39 is 34.0 Å². The lowest BCUT2D eigenvalue weighted by Gasteiger charge is -2.10. The largest absolute Gasteiger partial charge is 0.573 e. The van der Waals surface area contributed by atoms with Crippen LogP contribution in [0.1, 0.15) is 12.0 Å². The van der Waals surface area contributed by atoms with Crippen LogP contribution in [0.15, 0.2) is 59.5 Å². The Morgan fingerprint density at radius 2 is 1.61 bits per heavy atom. The number of carbonyl (C=O) groups excluding carboxylic acids is 2. The number of rotatable bonds is 10. The third-order valence-electron chi connectivity index (χ3n) is 3.68. The van der Waals surface area contributed by atoms with E-state index >= 15 is 0 Å². The summed E-state index contributed by atoms with van der Waals surface area (Å²) in [6.07, 6.45) is -5.15. The average molecular weight is 460 g/mol. The lowest BCUT2D eigenvalue weighted by molar-refractivity contribution is -0.274. The molecule has 0 aliphatic rings. The van der Waals surface area contributed by atoms with Gasteiger partial charge in [-0.3, -0.25) is 9.59 Å². The second kappa shape index (κ2) is 10.8. The zero-order chi connectivity index (χ0) is 22.9. The summed E-state index contributed by atoms with van der Waals surface area (Å²) in [7, 11) is -4.05. The van der Waals surface area contributed by atoms with Crippen molar-refractivity contribution in [3.63, 3.8) is 0 Å². The molecule has 2 aromatic rings. The number of ether oxygens (including phenoxy) is 2. The number of hydrogen-bond acceptors (Lipinski definition) is 6. The number of amides is 1. The molecule has 2 rings (SSSR count). The highest BCUT2D eigenvalue weighted by Gasteiger charge is 2.31. The Balaban J connectivity index is 1.71. The molecule has 0 radical (unpaired) electrons. The topological polar surface area (TPSA) is 111 Å². The number of alkyl halides is 3. The van der Waals surface area contributed by atoms with Gasteiger partial charge >= 0.3 is 12.3 Å². The number of nitrogens with one attached hydrogen (secondary N) is 2. The van der Waals surface area contributed by atoms with Gasteiger partial charge in [-0.2, -0.15) is 0 Å². The van der Waals surface area contributed by atoms with Gasteiger partial charge in [0.05, 0.1) is 4.90 Å². The molecule has 1 amide bonds. The number of benzene rings is 2. The van der Waals surface area contributed by atoms with Crippen LogP contribution >= 0.6 is 0 Å². The molecule has 8 nitrogen and oxygen atoms in total. The first-order valence-electron chi connectivity index (χ1n) is 8.87. The predicted molar refractivity (Wildman–Crippen MR) is 102 cm³/mol. The molecule has 31 heavy (non-hydrogen) atoms. The Morgan fingerprint density at radius 3 is 2.23 bits per heavy atom.